The van der Waals surface area contributed by atoms with Crippen LogP contribution in [0, 0.1) is 24.0 Å². The third-order valence-electron chi connectivity index (χ3n) is 4.55. The molecule has 7 nitrogen and oxygen atoms in total. The van der Waals surface area contributed by atoms with Gasteiger partial charge in [0.1, 0.15) is 5.52 Å². The van der Waals surface area contributed by atoms with E-state index in [0.717, 1.165) is 27.8 Å². The number of carbonyl (C=O) groups is 1. The molecule has 0 radical (unpaired) electrons. The van der Waals surface area contributed by atoms with Crippen LogP contribution in [0.3, 0.4) is 0 Å². The second-order valence-electron chi connectivity index (χ2n) is 6.78. The van der Waals surface area contributed by atoms with Crippen molar-refractivity contribution in [2.45, 2.75) is 13.8 Å². The molecule has 0 spiro atoms. The summed E-state index contributed by atoms with van der Waals surface area (Å²) in [6.07, 6.45) is 0. The number of anilines is 1. The Morgan fingerprint density at radius 2 is 1.72 bits per heavy atom. The van der Waals surface area contributed by atoms with E-state index in [4.69, 9.17) is 4.42 Å². The van der Waals surface area contributed by atoms with Gasteiger partial charge in [-0.05, 0) is 67.4 Å². The number of oxazole rings is 1. The number of fused-ring (bicyclic) bond motifs is 1. The van der Waals surface area contributed by atoms with E-state index in [0.29, 0.717) is 17.1 Å². The van der Waals surface area contributed by atoms with Crippen molar-refractivity contribution < 1.29 is 14.1 Å². The fourth-order valence-electron chi connectivity index (χ4n) is 3.13. The Bertz CT molecular complexity index is 1230. The van der Waals surface area contributed by atoms with Crippen LogP contribution in [0.5, 0.6) is 0 Å². The minimum absolute atomic E-state index is 0.0605. The lowest BCUT2D eigenvalue weighted by atomic mass is 10.1. The predicted molar refractivity (Wildman–Crippen MR) is 110 cm³/mol. The number of nitro groups is 1. The molecule has 3 aromatic carbocycles. The SMILES string of the molecule is Cc1cc(C)c2oc(-c3ccc(NC(=O)c4ccc([N+](=O)[O-])cc4)cc3)nc2c1. The maximum Gasteiger partial charge on any atom is 0.269 e. The molecule has 0 saturated carbocycles. The van der Waals surface area contributed by atoms with E-state index in [1.54, 1.807) is 12.1 Å². The van der Waals surface area contributed by atoms with Crippen LogP contribution in [-0.4, -0.2) is 15.8 Å². The lowest BCUT2D eigenvalue weighted by molar-refractivity contribution is -0.384. The Hall–Kier alpha value is -4.00. The summed E-state index contributed by atoms with van der Waals surface area (Å²) in [5.41, 5.74) is 5.41. The van der Waals surface area contributed by atoms with Crippen molar-refractivity contribution in [3.63, 3.8) is 0 Å². The summed E-state index contributed by atoms with van der Waals surface area (Å²) in [5, 5.41) is 13.5. The van der Waals surface area contributed by atoms with Crippen LogP contribution >= 0.6 is 0 Å². The van der Waals surface area contributed by atoms with Crippen LogP contribution in [0.15, 0.2) is 65.1 Å². The molecule has 1 aromatic heterocycles. The smallest absolute Gasteiger partial charge is 0.269 e. The van der Waals surface area contributed by atoms with Gasteiger partial charge in [0.2, 0.25) is 5.89 Å². The maximum absolute atomic E-state index is 12.3. The summed E-state index contributed by atoms with van der Waals surface area (Å²) in [7, 11) is 0. The van der Waals surface area contributed by atoms with Gasteiger partial charge in [-0.2, -0.15) is 0 Å². The standard InChI is InChI=1S/C22H17N3O4/c1-13-11-14(2)20-19(12-13)24-22(29-20)16-3-7-17(8-4-16)23-21(26)15-5-9-18(10-6-15)25(27)28/h3-12H,1-2H3,(H,23,26). The van der Waals surface area contributed by atoms with Crippen LogP contribution < -0.4 is 5.32 Å². The highest BCUT2D eigenvalue weighted by Crippen LogP contribution is 2.28. The number of aryl methyl sites for hydroxylation is 2. The normalized spacial score (nSPS) is 10.8. The molecule has 0 aliphatic carbocycles. The molecule has 144 valence electrons. The van der Waals surface area contributed by atoms with Crippen LogP contribution in [0.25, 0.3) is 22.6 Å². The number of rotatable bonds is 4. The van der Waals surface area contributed by atoms with Crippen molar-refractivity contribution in [2.24, 2.45) is 0 Å². The summed E-state index contributed by atoms with van der Waals surface area (Å²) in [4.78, 5) is 27.1. The van der Waals surface area contributed by atoms with Crippen molar-refractivity contribution in [1.29, 1.82) is 0 Å². The number of nitrogens with one attached hydrogen (secondary N) is 1. The van der Waals surface area contributed by atoms with E-state index in [9.17, 15) is 14.9 Å². The second-order valence-corrected chi connectivity index (χ2v) is 6.78. The lowest BCUT2D eigenvalue weighted by Gasteiger charge is -2.05. The van der Waals surface area contributed by atoms with E-state index in [1.165, 1.54) is 24.3 Å². The largest absolute Gasteiger partial charge is 0.436 e. The predicted octanol–water partition coefficient (Wildman–Crippen LogP) is 5.27. The zero-order valence-corrected chi connectivity index (χ0v) is 15.8. The van der Waals surface area contributed by atoms with Gasteiger partial charge in [0.05, 0.1) is 4.92 Å². The Balaban J connectivity index is 1.52. The molecule has 1 heterocycles. The number of hydrogen-bond donors (Lipinski definition) is 1. The Morgan fingerprint density at radius 1 is 1.03 bits per heavy atom. The number of non-ortho nitro benzene ring substituents is 1. The number of nitro benzene ring substituents is 1. The van der Waals surface area contributed by atoms with Crippen molar-refractivity contribution in [2.75, 3.05) is 5.32 Å². The van der Waals surface area contributed by atoms with Crippen LogP contribution in [-0.2, 0) is 0 Å². The molecule has 0 atom stereocenters. The zero-order chi connectivity index (χ0) is 20.5. The zero-order valence-electron chi connectivity index (χ0n) is 15.8. The molecule has 4 rings (SSSR count). The second kappa shape index (κ2) is 7.20. The monoisotopic (exact) mass is 387 g/mol. The Kier molecular flexibility index (Phi) is 4.56. The molecule has 0 fully saturated rings. The van der Waals surface area contributed by atoms with Crippen LogP contribution in [0.1, 0.15) is 21.5 Å². The van der Waals surface area contributed by atoms with E-state index in [-0.39, 0.29) is 11.6 Å². The number of aromatic nitrogens is 1. The van der Waals surface area contributed by atoms with Gasteiger partial charge >= 0.3 is 0 Å². The van der Waals surface area contributed by atoms with Crippen molar-refractivity contribution >= 4 is 28.4 Å². The van der Waals surface area contributed by atoms with Gasteiger partial charge in [-0.3, -0.25) is 14.9 Å². The van der Waals surface area contributed by atoms with Crippen LogP contribution in [0.2, 0.25) is 0 Å². The molecule has 4 aromatic rings. The number of benzene rings is 3. The molecule has 7 heteroatoms. The van der Waals surface area contributed by atoms with E-state index >= 15 is 0 Å². The summed E-state index contributed by atoms with van der Waals surface area (Å²) in [6, 6.07) is 16.6. The first-order chi connectivity index (χ1) is 13.9. The molecule has 0 bridgehead atoms. The third kappa shape index (κ3) is 3.70. The first kappa shape index (κ1) is 18.4. The number of nitrogens with zero attached hydrogens (tertiary/aromatic N) is 2. The van der Waals surface area contributed by atoms with Gasteiger partial charge in [0.25, 0.3) is 11.6 Å². The summed E-state index contributed by atoms with van der Waals surface area (Å²) in [5.74, 6) is 0.169. The molecule has 0 unspecified atom stereocenters. The molecular weight excluding hydrogens is 370 g/mol. The van der Waals surface area contributed by atoms with Crippen LogP contribution in [0.4, 0.5) is 11.4 Å². The highest BCUT2D eigenvalue weighted by molar-refractivity contribution is 6.04. The molecular formula is C22H17N3O4. The minimum Gasteiger partial charge on any atom is -0.436 e. The van der Waals surface area contributed by atoms with Gasteiger partial charge in [-0.15, -0.1) is 0 Å². The van der Waals surface area contributed by atoms with E-state index in [2.05, 4.69) is 10.3 Å². The molecule has 0 aliphatic heterocycles. The highest BCUT2D eigenvalue weighted by atomic mass is 16.6. The highest BCUT2D eigenvalue weighted by Gasteiger charge is 2.12. The van der Waals surface area contributed by atoms with Gasteiger partial charge < -0.3 is 9.73 Å². The summed E-state index contributed by atoms with van der Waals surface area (Å²) >= 11 is 0. The van der Waals surface area contributed by atoms with Crippen molar-refractivity contribution in [3.8, 4) is 11.5 Å². The minimum atomic E-state index is -0.505. The fourth-order valence-corrected chi connectivity index (χ4v) is 3.13. The van der Waals surface area contributed by atoms with Crippen molar-refractivity contribution in [3.05, 3.63) is 87.5 Å². The summed E-state index contributed by atoms with van der Waals surface area (Å²) < 4.78 is 5.91. The Labute approximate surface area is 166 Å². The molecule has 0 saturated heterocycles. The molecule has 1 N–H and O–H groups in total. The topological polar surface area (TPSA) is 98.3 Å². The van der Waals surface area contributed by atoms with E-state index in [1.807, 2.05) is 38.1 Å². The summed E-state index contributed by atoms with van der Waals surface area (Å²) in [6.45, 7) is 4.00. The first-order valence-corrected chi connectivity index (χ1v) is 8.95. The number of amides is 1. The molecule has 1 amide bonds. The number of hydrogen-bond acceptors (Lipinski definition) is 5. The average molecular weight is 387 g/mol. The Morgan fingerprint density at radius 3 is 2.38 bits per heavy atom. The third-order valence-corrected chi connectivity index (χ3v) is 4.55. The molecule has 29 heavy (non-hydrogen) atoms. The average Bonchev–Trinajstić information content (AvgIpc) is 3.13. The van der Waals surface area contributed by atoms with Gasteiger partial charge in [0, 0.05) is 28.9 Å². The first-order valence-electron chi connectivity index (χ1n) is 8.95. The molecule has 0 aliphatic rings. The van der Waals surface area contributed by atoms with Crippen molar-refractivity contribution in [1.82, 2.24) is 4.98 Å². The van der Waals surface area contributed by atoms with Gasteiger partial charge in [-0.1, -0.05) is 6.07 Å². The lowest BCUT2D eigenvalue weighted by Crippen LogP contribution is -2.11. The van der Waals surface area contributed by atoms with Gasteiger partial charge in [0.15, 0.2) is 5.58 Å². The quantitative estimate of drug-likeness (QED) is 0.380. The van der Waals surface area contributed by atoms with E-state index < -0.39 is 4.92 Å². The number of carbonyl (C=O) groups excluding carboxylic acids is 1. The fraction of sp³-hybridized carbons (Fsp3) is 0.0909. The maximum atomic E-state index is 12.3. The van der Waals surface area contributed by atoms with Gasteiger partial charge in [-0.25, -0.2) is 4.98 Å².